The topological polar surface area (TPSA) is 53.9 Å². The Balaban J connectivity index is 1.69. The van der Waals surface area contributed by atoms with Crippen LogP contribution in [-0.2, 0) is 17.9 Å². The van der Waals surface area contributed by atoms with Crippen LogP contribution in [0.4, 0.5) is 4.39 Å². The number of hydrogen-bond acceptors (Lipinski definition) is 3. The molecule has 140 valence electrons. The number of H-pyrrole nitrogens is 1. The van der Waals surface area contributed by atoms with Crippen LogP contribution in [0.25, 0.3) is 11.4 Å². The molecule has 0 saturated carbocycles. The molecule has 1 heterocycles. The lowest BCUT2D eigenvalue weighted by molar-refractivity contribution is -0.130. The van der Waals surface area contributed by atoms with E-state index in [1.807, 2.05) is 35.8 Å². The molecule has 1 N–H and O–H groups in total. The fourth-order valence-corrected chi connectivity index (χ4v) is 3.15. The molecule has 0 aliphatic carbocycles. The molecule has 5 nitrogen and oxygen atoms in total. The van der Waals surface area contributed by atoms with E-state index in [9.17, 15) is 9.18 Å². The molecule has 0 radical (unpaired) electrons. The summed E-state index contributed by atoms with van der Waals surface area (Å²) in [5.74, 6) is 0.364. The number of aromatic amines is 1. The highest BCUT2D eigenvalue weighted by Crippen LogP contribution is 2.19. The summed E-state index contributed by atoms with van der Waals surface area (Å²) in [6.07, 6.45) is 0.276. The normalized spacial score (nSPS) is 10.8. The standard InChI is InChI=1S/C20H21FN4OS/c1-14-5-3-7-16(11-14)19-22-23-20(27)25(19)10-9-18(26)24(2)13-15-6-4-8-17(21)12-15/h3-8,11-12H,9-10,13H2,1-2H3,(H,23,27). The second kappa shape index (κ2) is 8.26. The number of nitrogens with one attached hydrogen (secondary N) is 1. The average molecular weight is 384 g/mol. The van der Waals surface area contributed by atoms with E-state index in [1.165, 1.54) is 12.1 Å². The Bertz CT molecular complexity index is 1010. The van der Waals surface area contributed by atoms with Gasteiger partial charge in [0.1, 0.15) is 5.82 Å². The maximum atomic E-state index is 13.3. The fraction of sp³-hybridized carbons (Fsp3) is 0.250. The van der Waals surface area contributed by atoms with E-state index in [2.05, 4.69) is 10.2 Å². The summed E-state index contributed by atoms with van der Waals surface area (Å²) >= 11 is 5.32. The number of rotatable bonds is 6. The second-order valence-corrected chi connectivity index (χ2v) is 6.89. The molecule has 0 unspecified atom stereocenters. The van der Waals surface area contributed by atoms with Crippen molar-refractivity contribution in [1.82, 2.24) is 19.7 Å². The lowest BCUT2D eigenvalue weighted by atomic mass is 10.1. The Morgan fingerprint density at radius 2 is 2.04 bits per heavy atom. The fourth-order valence-electron chi connectivity index (χ4n) is 2.93. The Kier molecular flexibility index (Phi) is 5.81. The van der Waals surface area contributed by atoms with Gasteiger partial charge in [0.2, 0.25) is 5.91 Å². The zero-order valence-electron chi connectivity index (χ0n) is 15.3. The van der Waals surface area contributed by atoms with Gasteiger partial charge in [-0.15, -0.1) is 0 Å². The third-order valence-corrected chi connectivity index (χ3v) is 4.63. The summed E-state index contributed by atoms with van der Waals surface area (Å²) in [5, 5.41) is 7.11. The number of amides is 1. The molecule has 27 heavy (non-hydrogen) atoms. The van der Waals surface area contributed by atoms with Gasteiger partial charge in [0, 0.05) is 32.1 Å². The van der Waals surface area contributed by atoms with Gasteiger partial charge in [-0.1, -0.05) is 35.9 Å². The zero-order valence-corrected chi connectivity index (χ0v) is 16.1. The summed E-state index contributed by atoms with van der Waals surface area (Å²) in [6.45, 7) is 2.79. The summed E-state index contributed by atoms with van der Waals surface area (Å²) in [7, 11) is 1.71. The van der Waals surface area contributed by atoms with Crippen molar-refractivity contribution < 1.29 is 9.18 Å². The van der Waals surface area contributed by atoms with Crippen LogP contribution in [0.2, 0.25) is 0 Å². The highest BCUT2D eigenvalue weighted by atomic mass is 32.1. The van der Waals surface area contributed by atoms with E-state index in [0.717, 1.165) is 16.7 Å². The third-order valence-electron chi connectivity index (χ3n) is 4.32. The molecule has 0 spiro atoms. The van der Waals surface area contributed by atoms with Gasteiger partial charge >= 0.3 is 0 Å². The van der Waals surface area contributed by atoms with E-state index in [1.54, 1.807) is 24.1 Å². The van der Waals surface area contributed by atoms with Crippen LogP contribution in [0.3, 0.4) is 0 Å². The van der Waals surface area contributed by atoms with Crippen molar-refractivity contribution in [2.45, 2.75) is 26.4 Å². The summed E-state index contributed by atoms with van der Waals surface area (Å²) in [4.78, 5) is 14.1. The zero-order chi connectivity index (χ0) is 19.4. The van der Waals surface area contributed by atoms with Crippen molar-refractivity contribution >= 4 is 18.1 Å². The van der Waals surface area contributed by atoms with Gasteiger partial charge in [-0.3, -0.25) is 14.5 Å². The van der Waals surface area contributed by atoms with Crippen LogP contribution in [0.15, 0.2) is 48.5 Å². The first-order chi connectivity index (χ1) is 12.9. The minimum Gasteiger partial charge on any atom is -0.341 e. The first-order valence-electron chi connectivity index (χ1n) is 8.64. The number of aromatic nitrogens is 3. The van der Waals surface area contributed by atoms with Gasteiger partial charge in [-0.2, -0.15) is 5.10 Å². The number of benzene rings is 2. The van der Waals surface area contributed by atoms with E-state index < -0.39 is 0 Å². The summed E-state index contributed by atoms with van der Waals surface area (Å²) in [6, 6.07) is 14.2. The maximum absolute atomic E-state index is 13.3. The van der Waals surface area contributed by atoms with E-state index >= 15 is 0 Å². The van der Waals surface area contributed by atoms with Crippen molar-refractivity contribution in [1.29, 1.82) is 0 Å². The number of carbonyl (C=O) groups excluding carboxylic acids is 1. The average Bonchev–Trinajstić information content (AvgIpc) is 3.00. The van der Waals surface area contributed by atoms with E-state index in [4.69, 9.17) is 12.2 Å². The number of carbonyl (C=O) groups is 1. The first kappa shape index (κ1) is 19.0. The van der Waals surface area contributed by atoms with Crippen LogP contribution in [0.5, 0.6) is 0 Å². The third kappa shape index (κ3) is 4.68. The minimum atomic E-state index is -0.305. The lowest BCUT2D eigenvalue weighted by Crippen LogP contribution is -2.27. The van der Waals surface area contributed by atoms with Crippen LogP contribution < -0.4 is 0 Å². The van der Waals surface area contributed by atoms with Crippen molar-refractivity contribution in [3.63, 3.8) is 0 Å². The van der Waals surface area contributed by atoms with Crippen molar-refractivity contribution in [3.05, 3.63) is 70.2 Å². The highest BCUT2D eigenvalue weighted by molar-refractivity contribution is 7.71. The van der Waals surface area contributed by atoms with E-state index in [0.29, 0.717) is 23.7 Å². The van der Waals surface area contributed by atoms with Gasteiger partial charge in [-0.05, 0) is 42.9 Å². The largest absolute Gasteiger partial charge is 0.341 e. The van der Waals surface area contributed by atoms with E-state index in [-0.39, 0.29) is 18.1 Å². The van der Waals surface area contributed by atoms with Crippen LogP contribution in [0.1, 0.15) is 17.5 Å². The molecule has 3 rings (SSSR count). The molecule has 0 bridgehead atoms. The van der Waals surface area contributed by atoms with Gasteiger partial charge in [0.15, 0.2) is 10.6 Å². The Morgan fingerprint density at radius 3 is 2.78 bits per heavy atom. The molecule has 0 fully saturated rings. The molecule has 3 aromatic rings. The van der Waals surface area contributed by atoms with Crippen molar-refractivity contribution in [2.75, 3.05) is 7.05 Å². The second-order valence-electron chi connectivity index (χ2n) is 6.50. The van der Waals surface area contributed by atoms with Crippen molar-refractivity contribution in [3.8, 4) is 11.4 Å². The number of nitrogens with zero attached hydrogens (tertiary/aromatic N) is 3. The molecule has 0 aliphatic heterocycles. The number of hydrogen-bond donors (Lipinski definition) is 1. The van der Waals surface area contributed by atoms with Crippen molar-refractivity contribution in [2.24, 2.45) is 0 Å². The molecular weight excluding hydrogens is 363 g/mol. The summed E-state index contributed by atoms with van der Waals surface area (Å²) < 4.78 is 15.6. The monoisotopic (exact) mass is 384 g/mol. The molecule has 2 aromatic carbocycles. The number of halogens is 1. The van der Waals surface area contributed by atoms with Crippen LogP contribution >= 0.6 is 12.2 Å². The molecule has 7 heteroatoms. The van der Waals surface area contributed by atoms with Gasteiger partial charge < -0.3 is 4.90 Å². The Morgan fingerprint density at radius 1 is 1.26 bits per heavy atom. The number of aryl methyl sites for hydroxylation is 1. The summed E-state index contributed by atoms with van der Waals surface area (Å²) in [5.41, 5.74) is 2.83. The van der Waals surface area contributed by atoms with Gasteiger partial charge in [0.25, 0.3) is 0 Å². The predicted molar refractivity (Wildman–Crippen MR) is 105 cm³/mol. The minimum absolute atomic E-state index is 0.0439. The van der Waals surface area contributed by atoms with Gasteiger partial charge in [-0.25, -0.2) is 4.39 Å². The molecule has 1 amide bonds. The molecule has 0 saturated heterocycles. The molecule has 0 aliphatic rings. The Hall–Kier alpha value is -2.80. The smallest absolute Gasteiger partial charge is 0.224 e. The molecule has 1 aromatic heterocycles. The maximum Gasteiger partial charge on any atom is 0.224 e. The quantitative estimate of drug-likeness (QED) is 0.651. The Labute approximate surface area is 162 Å². The van der Waals surface area contributed by atoms with Crippen LogP contribution in [-0.4, -0.2) is 32.6 Å². The SMILES string of the molecule is Cc1cccc(-c2n[nH]c(=S)n2CCC(=O)N(C)Cc2cccc(F)c2)c1. The predicted octanol–water partition coefficient (Wildman–Crippen LogP) is 4.10. The molecular formula is C20H21FN4OS. The van der Waals surface area contributed by atoms with Crippen LogP contribution in [0, 0.1) is 17.5 Å². The highest BCUT2D eigenvalue weighted by Gasteiger charge is 2.14. The lowest BCUT2D eigenvalue weighted by Gasteiger charge is -2.18. The van der Waals surface area contributed by atoms with Gasteiger partial charge in [0.05, 0.1) is 0 Å². The molecule has 0 atom stereocenters. The first-order valence-corrected chi connectivity index (χ1v) is 9.05.